The topological polar surface area (TPSA) is 46.0 Å². The molecule has 1 N–H and O–H groups in total. The van der Waals surface area contributed by atoms with Crippen LogP contribution in [-0.2, 0) is 6.18 Å². The van der Waals surface area contributed by atoms with Gasteiger partial charge in [0.1, 0.15) is 6.10 Å². The second kappa shape index (κ2) is 7.72. The van der Waals surface area contributed by atoms with Crippen LogP contribution in [0.25, 0.3) is 16.5 Å². The molecular weight excluding hydrogens is 365 g/mol. The van der Waals surface area contributed by atoms with Gasteiger partial charge in [-0.3, -0.25) is 4.98 Å². The van der Waals surface area contributed by atoms with E-state index in [0.717, 1.165) is 11.6 Å². The van der Waals surface area contributed by atoms with Crippen LogP contribution < -0.4 is 0 Å². The molecule has 28 heavy (non-hydrogen) atoms. The highest BCUT2D eigenvalue weighted by Gasteiger charge is 2.34. The number of halogens is 3. The van der Waals surface area contributed by atoms with E-state index in [1.165, 1.54) is 12.3 Å². The van der Waals surface area contributed by atoms with Gasteiger partial charge in [-0.25, -0.2) is 4.98 Å². The molecule has 0 fully saturated rings. The highest BCUT2D eigenvalue weighted by atomic mass is 19.4. The van der Waals surface area contributed by atoms with Crippen molar-refractivity contribution in [1.29, 1.82) is 0 Å². The van der Waals surface area contributed by atoms with Crippen LogP contribution in [0.4, 0.5) is 13.2 Å². The van der Waals surface area contributed by atoms with E-state index >= 15 is 0 Å². The first-order valence-electron chi connectivity index (χ1n) is 8.97. The quantitative estimate of drug-likeness (QED) is 0.617. The van der Waals surface area contributed by atoms with Gasteiger partial charge in [0.05, 0.1) is 22.5 Å². The average molecular weight is 386 g/mol. The molecule has 2 heterocycles. The molecule has 0 spiro atoms. The summed E-state index contributed by atoms with van der Waals surface area (Å²) in [6.07, 6.45) is -2.25. The zero-order valence-corrected chi connectivity index (χ0v) is 15.8. The van der Waals surface area contributed by atoms with E-state index in [2.05, 4.69) is 9.97 Å². The Morgan fingerprint density at radius 1 is 1.11 bits per heavy atom. The molecule has 1 atom stereocenters. The lowest BCUT2D eigenvalue weighted by Crippen LogP contribution is -2.10. The Bertz CT molecular complexity index is 1010. The number of hydrogen-bond donors (Lipinski definition) is 1. The lowest BCUT2D eigenvalue weighted by atomic mass is 9.96. The molecule has 3 aromatic rings. The molecule has 2 aromatic heterocycles. The van der Waals surface area contributed by atoms with Crippen LogP contribution in [-0.4, -0.2) is 15.1 Å². The number of rotatable bonds is 4. The fourth-order valence-electron chi connectivity index (χ4n) is 3.21. The van der Waals surface area contributed by atoms with E-state index < -0.39 is 17.8 Å². The molecule has 1 unspecified atom stereocenters. The number of aliphatic hydroxyl groups excluding tert-OH is 1. The van der Waals surface area contributed by atoms with Gasteiger partial charge in [-0.1, -0.05) is 38.1 Å². The minimum Gasteiger partial charge on any atom is -0.382 e. The SMILES string of the molecule is CC(=CC(C)C)c1cc(C(O)c2ccccn2)c2cccc(C(F)(F)F)c2n1. The summed E-state index contributed by atoms with van der Waals surface area (Å²) in [6.45, 7) is 5.77. The van der Waals surface area contributed by atoms with Crippen LogP contribution in [0.3, 0.4) is 0 Å². The minimum absolute atomic E-state index is 0.172. The molecule has 146 valence electrons. The maximum absolute atomic E-state index is 13.6. The molecule has 1 aromatic carbocycles. The van der Waals surface area contributed by atoms with E-state index in [1.54, 1.807) is 37.3 Å². The zero-order valence-electron chi connectivity index (χ0n) is 15.8. The van der Waals surface area contributed by atoms with Gasteiger partial charge in [-0.2, -0.15) is 13.2 Å². The second-order valence-electron chi connectivity index (χ2n) is 7.05. The smallest absolute Gasteiger partial charge is 0.382 e. The molecular formula is C22H21F3N2O. The van der Waals surface area contributed by atoms with Crippen LogP contribution in [0, 0.1) is 5.92 Å². The molecule has 0 aliphatic carbocycles. The van der Waals surface area contributed by atoms with Gasteiger partial charge in [-0.05, 0) is 48.2 Å². The van der Waals surface area contributed by atoms with Crippen molar-refractivity contribution in [2.75, 3.05) is 0 Å². The molecule has 0 radical (unpaired) electrons. The fourth-order valence-corrected chi connectivity index (χ4v) is 3.21. The van der Waals surface area contributed by atoms with Crippen molar-refractivity contribution in [3.05, 3.63) is 77.3 Å². The lowest BCUT2D eigenvalue weighted by molar-refractivity contribution is -0.136. The third-order valence-corrected chi connectivity index (χ3v) is 4.43. The number of nitrogens with zero attached hydrogens (tertiary/aromatic N) is 2. The third kappa shape index (κ3) is 4.07. The summed E-state index contributed by atoms with van der Waals surface area (Å²) in [6, 6.07) is 10.6. The largest absolute Gasteiger partial charge is 0.418 e. The number of aliphatic hydroxyl groups is 1. The van der Waals surface area contributed by atoms with E-state index in [-0.39, 0.29) is 16.8 Å². The molecule has 0 saturated heterocycles. The first kappa shape index (κ1) is 20.0. The number of allylic oxidation sites excluding steroid dienone is 2. The number of hydrogen-bond acceptors (Lipinski definition) is 3. The average Bonchev–Trinajstić information content (AvgIpc) is 2.65. The van der Waals surface area contributed by atoms with Crippen molar-refractivity contribution < 1.29 is 18.3 Å². The highest BCUT2D eigenvalue weighted by molar-refractivity contribution is 5.88. The number of alkyl halides is 3. The Hall–Kier alpha value is -2.73. The van der Waals surface area contributed by atoms with Crippen molar-refractivity contribution in [2.24, 2.45) is 5.92 Å². The third-order valence-electron chi connectivity index (χ3n) is 4.43. The van der Waals surface area contributed by atoms with E-state index in [0.29, 0.717) is 17.0 Å². The predicted molar refractivity (Wildman–Crippen MR) is 104 cm³/mol. The minimum atomic E-state index is -4.55. The fraction of sp³-hybridized carbons (Fsp3) is 0.273. The van der Waals surface area contributed by atoms with E-state index in [1.807, 2.05) is 19.9 Å². The van der Waals surface area contributed by atoms with Crippen molar-refractivity contribution in [3.63, 3.8) is 0 Å². The van der Waals surface area contributed by atoms with Gasteiger partial charge >= 0.3 is 6.18 Å². The van der Waals surface area contributed by atoms with Gasteiger partial charge in [0.2, 0.25) is 0 Å². The monoisotopic (exact) mass is 386 g/mol. The maximum Gasteiger partial charge on any atom is 0.418 e. The number of benzene rings is 1. The summed E-state index contributed by atoms with van der Waals surface area (Å²) in [7, 11) is 0. The van der Waals surface area contributed by atoms with Gasteiger partial charge < -0.3 is 5.11 Å². The molecule has 0 saturated carbocycles. The van der Waals surface area contributed by atoms with Crippen molar-refractivity contribution in [3.8, 4) is 0 Å². The van der Waals surface area contributed by atoms with Gasteiger partial charge in [-0.15, -0.1) is 0 Å². The van der Waals surface area contributed by atoms with E-state index in [9.17, 15) is 18.3 Å². The van der Waals surface area contributed by atoms with Crippen molar-refractivity contribution in [1.82, 2.24) is 9.97 Å². The summed E-state index contributed by atoms with van der Waals surface area (Å²) in [5.41, 5.74) is 0.879. The summed E-state index contributed by atoms with van der Waals surface area (Å²) in [5, 5.41) is 11.1. The van der Waals surface area contributed by atoms with Crippen LogP contribution in [0.15, 0.2) is 54.7 Å². The number of fused-ring (bicyclic) bond motifs is 1. The van der Waals surface area contributed by atoms with E-state index in [4.69, 9.17) is 0 Å². The van der Waals surface area contributed by atoms with Gasteiger partial charge in [0, 0.05) is 11.6 Å². The Labute approximate surface area is 161 Å². The van der Waals surface area contributed by atoms with Crippen LogP contribution in [0.2, 0.25) is 0 Å². The Morgan fingerprint density at radius 3 is 2.46 bits per heavy atom. The van der Waals surface area contributed by atoms with Crippen molar-refractivity contribution in [2.45, 2.75) is 33.1 Å². The van der Waals surface area contributed by atoms with Gasteiger partial charge in [0.25, 0.3) is 0 Å². The summed E-state index contributed by atoms with van der Waals surface area (Å²) in [4.78, 5) is 8.46. The Morgan fingerprint density at radius 2 is 1.86 bits per heavy atom. The maximum atomic E-state index is 13.6. The zero-order chi connectivity index (χ0) is 20.5. The first-order valence-corrected chi connectivity index (χ1v) is 8.97. The number of pyridine rings is 2. The normalized spacial score (nSPS) is 13.9. The standard InChI is InChI=1S/C22H21F3N2O/c1-13(2)11-14(3)19-12-16(21(28)18-9-4-5-10-26-18)15-7-6-8-17(20(15)27-19)22(23,24)25/h4-13,21,28H,1-3H3. The highest BCUT2D eigenvalue weighted by Crippen LogP contribution is 2.37. The molecule has 6 heteroatoms. The van der Waals surface area contributed by atoms with Crippen molar-refractivity contribution >= 4 is 16.5 Å². The van der Waals surface area contributed by atoms with Gasteiger partial charge in [0.15, 0.2) is 0 Å². The second-order valence-corrected chi connectivity index (χ2v) is 7.05. The molecule has 0 aliphatic heterocycles. The molecule has 0 aliphatic rings. The summed E-state index contributed by atoms with van der Waals surface area (Å²) in [5.74, 6) is 0.208. The molecule has 0 amide bonds. The summed E-state index contributed by atoms with van der Waals surface area (Å²) >= 11 is 0. The Balaban J connectivity index is 2.32. The van der Waals surface area contributed by atoms with Crippen LogP contribution >= 0.6 is 0 Å². The number of para-hydroxylation sites is 1. The summed E-state index contributed by atoms with van der Waals surface area (Å²) < 4.78 is 40.8. The van der Waals surface area contributed by atoms with Crippen LogP contribution in [0.1, 0.15) is 49.4 Å². The molecule has 0 bridgehead atoms. The first-order chi connectivity index (χ1) is 13.2. The molecule has 3 rings (SSSR count). The predicted octanol–water partition coefficient (Wildman–Crippen LogP) is 5.79. The Kier molecular flexibility index (Phi) is 5.52. The number of aromatic nitrogens is 2. The molecule has 3 nitrogen and oxygen atoms in total. The van der Waals surface area contributed by atoms with Crippen LogP contribution in [0.5, 0.6) is 0 Å². The lowest BCUT2D eigenvalue weighted by Gasteiger charge is -2.18.